The Kier molecular flexibility index (Phi) is 5.73. The number of benzene rings is 1. The Morgan fingerprint density at radius 1 is 1.21 bits per heavy atom. The summed E-state index contributed by atoms with van der Waals surface area (Å²) < 4.78 is 27.6. The highest BCUT2D eigenvalue weighted by atomic mass is 32.2. The summed E-state index contributed by atoms with van der Waals surface area (Å²) in [5, 5.41) is 10.1. The standard InChI is InChI=1S/C18H25N5O4S/c1-4-22-7-9-23(10-8-22)17-12-15(18(24)25)14-11-13(5-6-16(14)19-17)20-28(26,27)21(2)3/h5-6,11-12,20H,4,7-10H2,1-3H3,(H,24,25). The number of aromatic nitrogens is 1. The van der Waals surface area contributed by atoms with Gasteiger partial charge in [-0.2, -0.15) is 12.7 Å². The van der Waals surface area contributed by atoms with Gasteiger partial charge in [-0.15, -0.1) is 0 Å². The summed E-state index contributed by atoms with van der Waals surface area (Å²) >= 11 is 0. The first-order valence-corrected chi connectivity index (χ1v) is 10.5. The van der Waals surface area contributed by atoms with Crippen LogP contribution in [0.5, 0.6) is 0 Å². The number of anilines is 2. The molecule has 2 heterocycles. The third kappa shape index (κ3) is 4.18. The summed E-state index contributed by atoms with van der Waals surface area (Å²) in [4.78, 5) is 20.9. The first kappa shape index (κ1) is 20.3. The van der Waals surface area contributed by atoms with Crippen LogP contribution in [0, 0.1) is 0 Å². The zero-order valence-corrected chi connectivity index (χ0v) is 17.0. The van der Waals surface area contributed by atoms with Crippen molar-refractivity contribution in [2.45, 2.75) is 6.92 Å². The molecule has 2 N–H and O–H groups in total. The molecule has 1 saturated heterocycles. The molecule has 0 bridgehead atoms. The van der Waals surface area contributed by atoms with Crippen LogP contribution in [-0.2, 0) is 10.2 Å². The third-order valence-corrected chi connectivity index (χ3v) is 6.35. The van der Waals surface area contributed by atoms with E-state index in [1.54, 1.807) is 18.2 Å². The second-order valence-corrected chi connectivity index (χ2v) is 8.76. The van der Waals surface area contributed by atoms with Crippen molar-refractivity contribution in [3.63, 3.8) is 0 Å². The first-order valence-electron chi connectivity index (χ1n) is 9.07. The number of carboxylic acids is 1. The van der Waals surface area contributed by atoms with Gasteiger partial charge in [-0.3, -0.25) is 4.72 Å². The predicted octanol–water partition coefficient (Wildman–Crippen LogP) is 1.29. The van der Waals surface area contributed by atoms with E-state index in [1.807, 2.05) is 0 Å². The summed E-state index contributed by atoms with van der Waals surface area (Å²) in [6.07, 6.45) is 0. The molecule has 0 atom stereocenters. The van der Waals surface area contributed by atoms with Gasteiger partial charge in [-0.1, -0.05) is 6.92 Å². The molecule has 0 amide bonds. The molecule has 0 aliphatic carbocycles. The highest BCUT2D eigenvalue weighted by Gasteiger charge is 2.21. The van der Waals surface area contributed by atoms with Crippen LogP contribution >= 0.6 is 0 Å². The number of hydrogen-bond acceptors (Lipinski definition) is 6. The van der Waals surface area contributed by atoms with Gasteiger partial charge in [-0.25, -0.2) is 9.78 Å². The fourth-order valence-corrected chi connectivity index (χ4v) is 3.76. The second kappa shape index (κ2) is 7.90. The fraction of sp³-hybridized carbons (Fsp3) is 0.444. The molecule has 0 radical (unpaired) electrons. The van der Waals surface area contributed by atoms with E-state index >= 15 is 0 Å². The van der Waals surface area contributed by atoms with Gasteiger partial charge in [0.05, 0.1) is 16.8 Å². The Hall–Kier alpha value is -2.43. The quantitative estimate of drug-likeness (QED) is 0.743. The molecule has 1 aliphatic heterocycles. The van der Waals surface area contributed by atoms with Gasteiger partial charge in [0.25, 0.3) is 0 Å². The molecule has 1 aromatic heterocycles. The lowest BCUT2D eigenvalue weighted by Gasteiger charge is -2.35. The molecule has 152 valence electrons. The van der Waals surface area contributed by atoms with Gasteiger partial charge in [0.15, 0.2) is 0 Å². The Balaban J connectivity index is 1.98. The van der Waals surface area contributed by atoms with Gasteiger partial charge < -0.3 is 14.9 Å². The van der Waals surface area contributed by atoms with Crippen molar-refractivity contribution in [2.75, 3.05) is 56.4 Å². The number of aromatic carboxylic acids is 1. The Morgan fingerprint density at radius 3 is 2.46 bits per heavy atom. The largest absolute Gasteiger partial charge is 0.478 e. The number of nitrogens with zero attached hydrogens (tertiary/aromatic N) is 4. The average Bonchev–Trinajstić information content (AvgIpc) is 2.66. The molecule has 0 saturated carbocycles. The third-order valence-electron chi connectivity index (χ3n) is 4.90. The van der Waals surface area contributed by atoms with Crippen LogP contribution in [-0.4, -0.2) is 80.5 Å². The van der Waals surface area contributed by atoms with E-state index in [1.165, 1.54) is 20.2 Å². The highest BCUT2D eigenvalue weighted by molar-refractivity contribution is 7.90. The summed E-state index contributed by atoms with van der Waals surface area (Å²) in [7, 11) is -0.854. The van der Waals surface area contributed by atoms with Crippen molar-refractivity contribution in [2.24, 2.45) is 0 Å². The summed E-state index contributed by atoms with van der Waals surface area (Å²) in [5.41, 5.74) is 0.902. The van der Waals surface area contributed by atoms with E-state index < -0.39 is 16.2 Å². The Bertz CT molecular complexity index is 985. The minimum absolute atomic E-state index is 0.101. The lowest BCUT2D eigenvalue weighted by Crippen LogP contribution is -2.46. The number of pyridine rings is 1. The Labute approximate surface area is 164 Å². The number of rotatable bonds is 6. The second-order valence-electron chi connectivity index (χ2n) is 6.88. The van der Waals surface area contributed by atoms with E-state index in [2.05, 4.69) is 26.4 Å². The fourth-order valence-electron chi connectivity index (χ4n) is 3.15. The van der Waals surface area contributed by atoms with Crippen LogP contribution in [0.25, 0.3) is 10.9 Å². The van der Waals surface area contributed by atoms with Crippen LogP contribution in [0.3, 0.4) is 0 Å². The number of likely N-dealkylation sites (N-methyl/N-ethyl adjacent to an activating group) is 1. The number of carbonyl (C=O) groups is 1. The first-order chi connectivity index (χ1) is 13.2. The zero-order chi connectivity index (χ0) is 20.5. The monoisotopic (exact) mass is 407 g/mol. The van der Waals surface area contributed by atoms with Crippen molar-refractivity contribution >= 4 is 38.6 Å². The Morgan fingerprint density at radius 2 is 1.89 bits per heavy atom. The molecule has 0 spiro atoms. The maximum atomic E-state index is 12.0. The van der Waals surface area contributed by atoms with E-state index in [4.69, 9.17) is 0 Å². The van der Waals surface area contributed by atoms with Gasteiger partial charge in [0, 0.05) is 45.7 Å². The minimum atomic E-state index is -3.68. The molecular weight excluding hydrogens is 382 g/mol. The number of carboxylic acid groups (broad SMARTS) is 1. The van der Waals surface area contributed by atoms with Crippen molar-refractivity contribution in [1.82, 2.24) is 14.2 Å². The van der Waals surface area contributed by atoms with Crippen molar-refractivity contribution in [1.29, 1.82) is 0 Å². The van der Waals surface area contributed by atoms with Gasteiger partial charge >= 0.3 is 16.2 Å². The lowest BCUT2D eigenvalue weighted by molar-refractivity contribution is 0.0699. The van der Waals surface area contributed by atoms with E-state index in [0.717, 1.165) is 37.0 Å². The number of nitrogens with one attached hydrogen (secondary N) is 1. The summed E-state index contributed by atoms with van der Waals surface area (Å²) in [5.74, 6) is -0.448. The average molecular weight is 407 g/mol. The molecule has 1 aromatic carbocycles. The van der Waals surface area contributed by atoms with Crippen LogP contribution < -0.4 is 9.62 Å². The molecule has 2 aromatic rings. The zero-order valence-electron chi connectivity index (χ0n) is 16.2. The normalized spacial score (nSPS) is 15.9. The van der Waals surface area contributed by atoms with Crippen LogP contribution in [0.2, 0.25) is 0 Å². The molecule has 0 unspecified atom stereocenters. The van der Waals surface area contributed by atoms with Gasteiger partial charge in [0.1, 0.15) is 5.82 Å². The topological polar surface area (TPSA) is 106 Å². The molecule has 3 rings (SSSR count). The number of hydrogen-bond donors (Lipinski definition) is 2. The van der Waals surface area contributed by atoms with Crippen LogP contribution in [0.4, 0.5) is 11.5 Å². The molecule has 1 aliphatic rings. The molecular formula is C18H25N5O4S. The molecule has 1 fully saturated rings. The predicted molar refractivity (Wildman–Crippen MR) is 109 cm³/mol. The SMILES string of the molecule is CCN1CCN(c2cc(C(=O)O)c3cc(NS(=O)(=O)N(C)C)ccc3n2)CC1. The van der Waals surface area contributed by atoms with Crippen LogP contribution in [0.15, 0.2) is 24.3 Å². The molecule has 10 heteroatoms. The van der Waals surface area contributed by atoms with Crippen molar-refractivity contribution in [3.8, 4) is 0 Å². The summed E-state index contributed by atoms with van der Waals surface area (Å²) in [6, 6.07) is 6.30. The smallest absolute Gasteiger partial charge is 0.336 e. The van der Waals surface area contributed by atoms with E-state index in [9.17, 15) is 18.3 Å². The molecule has 28 heavy (non-hydrogen) atoms. The molecule has 9 nitrogen and oxygen atoms in total. The number of fused-ring (bicyclic) bond motifs is 1. The lowest BCUT2D eigenvalue weighted by atomic mass is 10.1. The number of piperazine rings is 1. The maximum absolute atomic E-state index is 12.0. The maximum Gasteiger partial charge on any atom is 0.336 e. The highest BCUT2D eigenvalue weighted by Crippen LogP contribution is 2.27. The van der Waals surface area contributed by atoms with Crippen LogP contribution in [0.1, 0.15) is 17.3 Å². The van der Waals surface area contributed by atoms with E-state index in [-0.39, 0.29) is 11.3 Å². The van der Waals surface area contributed by atoms with Gasteiger partial charge in [0.2, 0.25) is 0 Å². The minimum Gasteiger partial charge on any atom is -0.478 e. The van der Waals surface area contributed by atoms with Crippen molar-refractivity contribution in [3.05, 3.63) is 29.8 Å². The van der Waals surface area contributed by atoms with Crippen molar-refractivity contribution < 1.29 is 18.3 Å². The summed E-state index contributed by atoms with van der Waals surface area (Å²) in [6.45, 7) is 6.49. The van der Waals surface area contributed by atoms with E-state index in [0.29, 0.717) is 16.7 Å². The van der Waals surface area contributed by atoms with Gasteiger partial charge in [-0.05, 0) is 30.8 Å².